The molecule has 3 rings (SSSR count). The Morgan fingerprint density at radius 3 is 2.76 bits per heavy atom. The number of carbonyl (C=O) groups is 2. The van der Waals surface area contributed by atoms with Gasteiger partial charge in [-0.25, -0.2) is 4.98 Å². The Hall–Kier alpha value is -2.55. The summed E-state index contributed by atoms with van der Waals surface area (Å²) in [4.78, 5) is 30.2. The quantitative estimate of drug-likeness (QED) is 0.640. The number of aromatic amines is 1. The fourth-order valence-corrected chi connectivity index (χ4v) is 2.91. The normalized spacial score (nSPS) is 14.0. The minimum atomic E-state index is -0.666. The Morgan fingerprint density at radius 1 is 1.28 bits per heavy atom. The first-order valence-electron chi connectivity index (χ1n) is 7.93. The van der Waals surface area contributed by atoms with Gasteiger partial charge in [0, 0.05) is 18.8 Å². The van der Waals surface area contributed by atoms with Gasteiger partial charge in [0.2, 0.25) is 0 Å². The molecule has 1 aliphatic heterocycles. The fraction of sp³-hybridized carbons (Fsp3) is 0.375. The molecule has 1 aromatic heterocycles. The van der Waals surface area contributed by atoms with E-state index in [0.717, 1.165) is 5.69 Å². The summed E-state index contributed by atoms with van der Waals surface area (Å²) in [5.74, 6) is 0.619. The number of anilines is 1. The molecule has 1 aliphatic rings. The van der Waals surface area contributed by atoms with E-state index in [2.05, 4.69) is 30.7 Å². The summed E-state index contributed by atoms with van der Waals surface area (Å²) in [6.45, 7) is 1.54. The summed E-state index contributed by atoms with van der Waals surface area (Å²) in [6.07, 6.45) is 1.96. The van der Waals surface area contributed by atoms with Gasteiger partial charge in [-0.2, -0.15) is 16.9 Å². The average molecular weight is 360 g/mol. The molecule has 2 heterocycles. The second-order valence-electron chi connectivity index (χ2n) is 5.72. The van der Waals surface area contributed by atoms with Gasteiger partial charge in [-0.3, -0.25) is 14.7 Å². The monoisotopic (exact) mass is 360 g/mol. The summed E-state index contributed by atoms with van der Waals surface area (Å²) < 4.78 is 0. The molecule has 25 heavy (non-hydrogen) atoms. The number of H-pyrrole nitrogens is 1. The Bertz CT molecular complexity index is 729. The number of rotatable bonds is 6. The molecule has 0 saturated carbocycles. The van der Waals surface area contributed by atoms with Gasteiger partial charge < -0.3 is 15.5 Å². The molecule has 8 nitrogen and oxygen atoms in total. The third kappa shape index (κ3) is 4.50. The van der Waals surface area contributed by atoms with E-state index in [1.165, 1.54) is 0 Å². The van der Waals surface area contributed by atoms with Gasteiger partial charge in [-0.05, 0) is 18.4 Å². The van der Waals surface area contributed by atoms with Gasteiger partial charge in [0.25, 0.3) is 0 Å². The van der Waals surface area contributed by atoms with Gasteiger partial charge in [0.1, 0.15) is 5.82 Å². The van der Waals surface area contributed by atoms with Crippen molar-refractivity contribution in [3.05, 3.63) is 42.0 Å². The minimum Gasteiger partial charge on any atom is -0.367 e. The number of amides is 2. The van der Waals surface area contributed by atoms with Crippen LogP contribution in [0.1, 0.15) is 11.6 Å². The lowest BCUT2D eigenvalue weighted by Crippen LogP contribution is -2.61. The molecule has 0 bridgehead atoms. The van der Waals surface area contributed by atoms with Gasteiger partial charge in [-0.15, -0.1) is 0 Å². The highest BCUT2D eigenvalue weighted by atomic mass is 32.2. The summed E-state index contributed by atoms with van der Waals surface area (Å²) in [5, 5.41) is 12.0. The van der Waals surface area contributed by atoms with Crippen molar-refractivity contribution in [1.29, 1.82) is 0 Å². The molecule has 2 amide bonds. The molecule has 0 aliphatic carbocycles. The van der Waals surface area contributed by atoms with Crippen LogP contribution in [-0.2, 0) is 21.9 Å². The lowest BCUT2D eigenvalue weighted by molar-refractivity contribution is -0.139. The fourth-order valence-electron chi connectivity index (χ4n) is 2.52. The number of hydrogen-bond donors (Lipinski definition) is 3. The number of para-hydroxylation sites is 1. The van der Waals surface area contributed by atoms with Crippen molar-refractivity contribution in [1.82, 2.24) is 25.8 Å². The Kier molecular flexibility index (Phi) is 5.54. The van der Waals surface area contributed by atoms with Crippen LogP contribution in [0.3, 0.4) is 0 Å². The molecule has 2 aromatic rings. The summed E-state index contributed by atoms with van der Waals surface area (Å²) >= 11 is 1.61. The predicted molar refractivity (Wildman–Crippen MR) is 96.0 cm³/mol. The van der Waals surface area contributed by atoms with E-state index < -0.39 is 11.8 Å². The van der Waals surface area contributed by atoms with E-state index >= 15 is 0 Å². The highest BCUT2D eigenvalue weighted by Crippen LogP contribution is 2.19. The van der Waals surface area contributed by atoms with Crippen LogP contribution < -0.4 is 15.5 Å². The van der Waals surface area contributed by atoms with Crippen molar-refractivity contribution in [2.75, 3.05) is 24.2 Å². The smallest absolute Gasteiger partial charge is 0.309 e. The van der Waals surface area contributed by atoms with Crippen molar-refractivity contribution in [2.24, 2.45) is 0 Å². The molecule has 9 heteroatoms. The molecule has 0 atom stereocenters. The van der Waals surface area contributed by atoms with Crippen LogP contribution in [0.5, 0.6) is 0 Å². The number of nitrogens with one attached hydrogen (secondary N) is 3. The molecule has 1 saturated heterocycles. The van der Waals surface area contributed by atoms with E-state index in [1.54, 1.807) is 11.8 Å². The maximum atomic E-state index is 11.9. The SMILES string of the molecule is CSCc1n[nH]c(CNC(=O)C(=O)NC2CN(c3ccccc3)C2)n1. The molecule has 1 aromatic carbocycles. The van der Waals surface area contributed by atoms with E-state index in [-0.39, 0.29) is 12.6 Å². The first-order chi connectivity index (χ1) is 12.2. The van der Waals surface area contributed by atoms with Crippen molar-refractivity contribution < 1.29 is 9.59 Å². The highest BCUT2D eigenvalue weighted by Gasteiger charge is 2.29. The largest absolute Gasteiger partial charge is 0.367 e. The maximum absolute atomic E-state index is 11.9. The van der Waals surface area contributed by atoms with Gasteiger partial charge in [0.05, 0.1) is 18.3 Å². The van der Waals surface area contributed by atoms with E-state index in [4.69, 9.17) is 0 Å². The zero-order valence-corrected chi connectivity index (χ0v) is 14.7. The van der Waals surface area contributed by atoms with Crippen LogP contribution in [0, 0.1) is 0 Å². The second kappa shape index (κ2) is 8.02. The standard InChI is InChI=1S/C16H20N6O2S/c1-25-10-14-19-13(20-21-14)7-17-15(23)16(24)18-11-8-22(9-11)12-5-3-2-4-6-12/h2-6,11H,7-10H2,1H3,(H,17,23)(H,18,24)(H,19,20,21). The maximum Gasteiger partial charge on any atom is 0.309 e. The summed E-state index contributed by atoms with van der Waals surface area (Å²) in [7, 11) is 0. The summed E-state index contributed by atoms with van der Waals surface area (Å²) in [5.41, 5.74) is 1.11. The molecule has 132 valence electrons. The molecular weight excluding hydrogens is 340 g/mol. The van der Waals surface area contributed by atoms with Crippen molar-refractivity contribution in [3.8, 4) is 0 Å². The van der Waals surface area contributed by atoms with Crippen molar-refractivity contribution >= 4 is 29.3 Å². The molecule has 3 N–H and O–H groups in total. The van der Waals surface area contributed by atoms with Crippen molar-refractivity contribution in [3.63, 3.8) is 0 Å². The zero-order valence-electron chi connectivity index (χ0n) is 13.9. The number of hydrogen-bond acceptors (Lipinski definition) is 6. The van der Waals surface area contributed by atoms with Gasteiger partial charge in [0.15, 0.2) is 5.82 Å². The lowest BCUT2D eigenvalue weighted by atomic mass is 10.1. The number of benzene rings is 1. The number of thioether (sulfide) groups is 1. The van der Waals surface area contributed by atoms with Crippen LogP contribution in [0.2, 0.25) is 0 Å². The average Bonchev–Trinajstić information content (AvgIpc) is 3.04. The molecule has 0 radical (unpaired) electrons. The van der Waals surface area contributed by atoms with E-state index in [0.29, 0.717) is 30.5 Å². The topological polar surface area (TPSA) is 103 Å². The van der Waals surface area contributed by atoms with Crippen LogP contribution in [0.25, 0.3) is 0 Å². The third-order valence-corrected chi connectivity index (χ3v) is 4.36. The number of aromatic nitrogens is 3. The van der Waals surface area contributed by atoms with E-state index in [1.807, 2.05) is 36.6 Å². The first kappa shape index (κ1) is 17.3. The molecule has 1 fully saturated rings. The first-order valence-corrected chi connectivity index (χ1v) is 9.33. The Labute approximate surface area is 149 Å². The highest BCUT2D eigenvalue weighted by molar-refractivity contribution is 7.97. The van der Waals surface area contributed by atoms with E-state index in [9.17, 15) is 9.59 Å². The number of carbonyl (C=O) groups excluding carboxylic acids is 2. The van der Waals surface area contributed by atoms with Crippen LogP contribution >= 0.6 is 11.8 Å². The van der Waals surface area contributed by atoms with Crippen molar-refractivity contribution in [2.45, 2.75) is 18.3 Å². The zero-order chi connectivity index (χ0) is 17.6. The Balaban J connectivity index is 1.39. The molecule has 0 unspecified atom stereocenters. The minimum absolute atomic E-state index is 0.0167. The van der Waals surface area contributed by atoms with Crippen LogP contribution in [0.4, 0.5) is 5.69 Å². The van der Waals surface area contributed by atoms with Crippen LogP contribution in [0.15, 0.2) is 30.3 Å². The number of nitrogens with zero attached hydrogens (tertiary/aromatic N) is 3. The predicted octanol–water partition coefficient (Wildman–Crippen LogP) is 0.289. The third-order valence-electron chi connectivity index (χ3n) is 3.81. The second-order valence-corrected chi connectivity index (χ2v) is 6.59. The summed E-state index contributed by atoms with van der Waals surface area (Å²) in [6, 6.07) is 9.94. The molecule has 0 spiro atoms. The van der Waals surface area contributed by atoms with Gasteiger partial charge >= 0.3 is 11.8 Å². The molecular formula is C16H20N6O2S. The van der Waals surface area contributed by atoms with Gasteiger partial charge in [-0.1, -0.05) is 18.2 Å². The lowest BCUT2D eigenvalue weighted by Gasteiger charge is -2.41. The van der Waals surface area contributed by atoms with Crippen LogP contribution in [-0.4, -0.2) is 52.4 Å². The Morgan fingerprint density at radius 2 is 2.04 bits per heavy atom.